The van der Waals surface area contributed by atoms with Gasteiger partial charge in [-0.05, 0) is 18.6 Å². The Morgan fingerprint density at radius 2 is 2.07 bits per heavy atom. The lowest BCUT2D eigenvalue weighted by molar-refractivity contribution is -0.662. The molecule has 0 saturated carbocycles. The minimum atomic E-state index is -1.13. The molecule has 3 nitrogen and oxygen atoms in total. The van der Waals surface area contributed by atoms with Crippen LogP contribution in [0.5, 0.6) is 0 Å². The summed E-state index contributed by atoms with van der Waals surface area (Å²) in [5.74, 6) is -1.13. The van der Waals surface area contributed by atoms with E-state index in [1.54, 1.807) is 12.1 Å². The standard InChI is InChI=1S/C12H15NO2/c1-2-3-8-13-9-10-4-6-11(7-5-10)12(14)15/h2-7,13H,8-9H2,1H3,(H,14,15)/b3-2+. The van der Waals surface area contributed by atoms with Crippen molar-refractivity contribution in [2.24, 2.45) is 0 Å². The van der Waals surface area contributed by atoms with Crippen LogP contribution in [0.4, 0.5) is 0 Å². The minimum absolute atomic E-state index is 0.229. The van der Waals surface area contributed by atoms with Gasteiger partial charge in [-0.3, -0.25) is 0 Å². The largest absolute Gasteiger partial charge is 0.545 e. The predicted octanol–water partition coefficient (Wildman–Crippen LogP) is -0.310. The molecule has 0 fully saturated rings. The zero-order valence-corrected chi connectivity index (χ0v) is 8.77. The highest BCUT2D eigenvalue weighted by Crippen LogP contribution is 2.01. The molecular formula is C12H15NO2. The van der Waals surface area contributed by atoms with Crippen molar-refractivity contribution in [1.82, 2.24) is 0 Å². The molecule has 0 aliphatic carbocycles. The SMILES string of the molecule is C/C=C/C[NH2+]Cc1ccc(C(=O)[O-])cc1. The quantitative estimate of drug-likeness (QED) is 0.529. The summed E-state index contributed by atoms with van der Waals surface area (Å²) in [4.78, 5) is 10.5. The molecule has 0 amide bonds. The fraction of sp³-hybridized carbons (Fsp3) is 0.250. The maximum absolute atomic E-state index is 10.5. The summed E-state index contributed by atoms with van der Waals surface area (Å²) in [7, 11) is 0. The van der Waals surface area contributed by atoms with Gasteiger partial charge < -0.3 is 15.2 Å². The van der Waals surface area contributed by atoms with Crippen molar-refractivity contribution in [1.29, 1.82) is 0 Å². The van der Waals surface area contributed by atoms with Gasteiger partial charge in [0, 0.05) is 5.56 Å². The van der Waals surface area contributed by atoms with E-state index >= 15 is 0 Å². The van der Waals surface area contributed by atoms with Crippen LogP contribution in [0.25, 0.3) is 0 Å². The Morgan fingerprint density at radius 3 is 2.60 bits per heavy atom. The number of aromatic carboxylic acids is 1. The zero-order chi connectivity index (χ0) is 11.1. The monoisotopic (exact) mass is 205 g/mol. The molecule has 0 bridgehead atoms. The Balaban J connectivity index is 2.46. The first-order valence-electron chi connectivity index (χ1n) is 4.97. The summed E-state index contributed by atoms with van der Waals surface area (Å²) in [5, 5.41) is 12.6. The summed E-state index contributed by atoms with van der Waals surface area (Å²) in [5.41, 5.74) is 1.34. The highest BCUT2D eigenvalue weighted by atomic mass is 16.4. The number of nitrogens with two attached hydrogens (primary N) is 1. The van der Waals surface area contributed by atoms with Crippen LogP contribution in [-0.4, -0.2) is 12.5 Å². The van der Waals surface area contributed by atoms with E-state index in [0.29, 0.717) is 0 Å². The third-order valence-corrected chi connectivity index (χ3v) is 2.11. The van der Waals surface area contributed by atoms with Crippen molar-refractivity contribution in [3.05, 3.63) is 47.5 Å². The van der Waals surface area contributed by atoms with Gasteiger partial charge in [0.15, 0.2) is 0 Å². The first-order chi connectivity index (χ1) is 7.24. The zero-order valence-electron chi connectivity index (χ0n) is 8.77. The molecule has 0 aliphatic heterocycles. The van der Waals surface area contributed by atoms with E-state index in [-0.39, 0.29) is 5.56 Å². The van der Waals surface area contributed by atoms with E-state index in [1.165, 1.54) is 0 Å². The van der Waals surface area contributed by atoms with E-state index in [2.05, 4.69) is 11.4 Å². The van der Waals surface area contributed by atoms with Crippen LogP contribution in [0.1, 0.15) is 22.8 Å². The van der Waals surface area contributed by atoms with E-state index in [0.717, 1.165) is 18.7 Å². The number of hydrogen-bond acceptors (Lipinski definition) is 2. The first-order valence-corrected chi connectivity index (χ1v) is 4.97. The lowest BCUT2D eigenvalue weighted by Crippen LogP contribution is -2.82. The van der Waals surface area contributed by atoms with E-state index in [1.807, 2.05) is 25.1 Å². The maximum atomic E-state index is 10.5. The van der Waals surface area contributed by atoms with Crippen molar-refractivity contribution < 1.29 is 15.2 Å². The van der Waals surface area contributed by atoms with E-state index in [4.69, 9.17) is 0 Å². The van der Waals surface area contributed by atoms with E-state index < -0.39 is 5.97 Å². The molecule has 1 rings (SSSR count). The number of hydrogen-bond donors (Lipinski definition) is 1. The summed E-state index contributed by atoms with van der Waals surface area (Å²) >= 11 is 0. The molecule has 0 saturated heterocycles. The number of carboxylic acids is 1. The lowest BCUT2D eigenvalue weighted by atomic mass is 10.1. The smallest absolute Gasteiger partial charge is 0.101 e. The molecule has 1 aromatic rings. The Morgan fingerprint density at radius 1 is 1.40 bits per heavy atom. The summed E-state index contributed by atoms with van der Waals surface area (Å²) in [6.45, 7) is 3.79. The molecule has 0 radical (unpaired) electrons. The van der Waals surface area contributed by atoms with Gasteiger partial charge in [0.2, 0.25) is 0 Å². The van der Waals surface area contributed by atoms with Crippen LogP contribution in [0.3, 0.4) is 0 Å². The molecule has 0 atom stereocenters. The molecule has 1 aromatic carbocycles. The molecule has 0 spiro atoms. The normalized spacial score (nSPS) is 10.7. The lowest BCUT2D eigenvalue weighted by Gasteiger charge is -2.03. The number of carbonyl (C=O) groups excluding carboxylic acids is 1. The molecule has 0 heterocycles. The second-order valence-corrected chi connectivity index (χ2v) is 3.28. The second kappa shape index (κ2) is 5.98. The average Bonchev–Trinajstić information content (AvgIpc) is 2.25. The molecule has 15 heavy (non-hydrogen) atoms. The number of carbonyl (C=O) groups is 1. The van der Waals surface area contributed by atoms with Gasteiger partial charge >= 0.3 is 0 Å². The number of carboxylic acid groups (broad SMARTS) is 1. The van der Waals surface area contributed by atoms with Crippen LogP contribution < -0.4 is 10.4 Å². The van der Waals surface area contributed by atoms with Crippen LogP contribution >= 0.6 is 0 Å². The van der Waals surface area contributed by atoms with Crippen molar-refractivity contribution >= 4 is 5.97 Å². The molecule has 2 N–H and O–H groups in total. The van der Waals surface area contributed by atoms with Crippen molar-refractivity contribution in [2.75, 3.05) is 6.54 Å². The Bertz CT molecular complexity index is 341. The highest BCUT2D eigenvalue weighted by molar-refractivity contribution is 5.85. The highest BCUT2D eigenvalue weighted by Gasteiger charge is 1.96. The Labute approximate surface area is 89.4 Å². The Kier molecular flexibility index (Phi) is 4.57. The average molecular weight is 205 g/mol. The van der Waals surface area contributed by atoms with Gasteiger partial charge in [0.25, 0.3) is 0 Å². The summed E-state index contributed by atoms with van der Waals surface area (Å²) in [6, 6.07) is 6.79. The third kappa shape index (κ3) is 3.95. The summed E-state index contributed by atoms with van der Waals surface area (Å²) < 4.78 is 0. The molecule has 3 heteroatoms. The fourth-order valence-corrected chi connectivity index (χ4v) is 1.26. The Hall–Kier alpha value is -1.61. The number of quaternary nitrogens is 1. The van der Waals surface area contributed by atoms with Gasteiger partial charge in [0.1, 0.15) is 6.54 Å². The van der Waals surface area contributed by atoms with Gasteiger partial charge in [-0.1, -0.05) is 30.3 Å². The van der Waals surface area contributed by atoms with Gasteiger partial charge in [-0.25, -0.2) is 0 Å². The topological polar surface area (TPSA) is 56.7 Å². The minimum Gasteiger partial charge on any atom is -0.545 e. The van der Waals surface area contributed by atoms with Crippen LogP contribution in [0.15, 0.2) is 36.4 Å². The third-order valence-electron chi connectivity index (χ3n) is 2.11. The second-order valence-electron chi connectivity index (χ2n) is 3.28. The molecule has 80 valence electrons. The molecule has 0 aliphatic rings. The predicted molar refractivity (Wildman–Crippen MR) is 56.1 cm³/mol. The fourth-order valence-electron chi connectivity index (χ4n) is 1.26. The van der Waals surface area contributed by atoms with Gasteiger partial charge in [-0.15, -0.1) is 0 Å². The van der Waals surface area contributed by atoms with Crippen molar-refractivity contribution in [3.63, 3.8) is 0 Å². The van der Waals surface area contributed by atoms with Crippen LogP contribution in [0.2, 0.25) is 0 Å². The number of rotatable bonds is 5. The van der Waals surface area contributed by atoms with Crippen molar-refractivity contribution in [2.45, 2.75) is 13.5 Å². The summed E-state index contributed by atoms with van der Waals surface area (Å²) in [6.07, 6.45) is 4.09. The first kappa shape index (κ1) is 11.5. The van der Waals surface area contributed by atoms with Gasteiger partial charge in [-0.2, -0.15) is 0 Å². The number of allylic oxidation sites excluding steroid dienone is 1. The van der Waals surface area contributed by atoms with Gasteiger partial charge in [0.05, 0.1) is 12.5 Å². The van der Waals surface area contributed by atoms with E-state index in [9.17, 15) is 9.90 Å². The number of benzene rings is 1. The van der Waals surface area contributed by atoms with Crippen molar-refractivity contribution in [3.8, 4) is 0 Å². The van der Waals surface area contributed by atoms with Crippen LogP contribution in [0, 0.1) is 0 Å². The molecular weight excluding hydrogens is 190 g/mol. The molecule has 0 unspecified atom stereocenters. The molecule has 0 aromatic heterocycles. The van der Waals surface area contributed by atoms with Crippen LogP contribution in [-0.2, 0) is 6.54 Å². The maximum Gasteiger partial charge on any atom is 0.101 e.